The fraction of sp³-hybridized carbons (Fsp3) is 0.308. The lowest BCUT2D eigenvalue weighted by atomic mass is 10.1. The van der Waals surface area contributed by atoms with Crippen LogP contribution < -0.4 is 5.32 Å². The fourth-order valence-corrected chi connectivity index (χ4v) is 1.71. The van der Waals surface area contributed by atoms with E-state index in [1.165, 1.54) is 16.7 Å². The highest BCUT2D eigenvalue weighted by atomic mass is 15.3. The lowest BCUT2D eigenvalue weighted by molar-refractivity contribution is 0.686. The Morgan fingerprint density at radius 1 is 1.19 bits per heavy atom. The predicted octanol–water partition coefficient (Wildman–Crippen LogP) is 1.96. The molecule has 1 aromatic heterocycles. The molecule has 3 heteroatoms. The van der Waals surface area contributed by atoms with Crippen LogP contribution in [0.1, 0.15) is 16.7 Å². The van der Waals surface area contributed by atoms with Crippen LogP contribution in [0.2, 0.25) is 0 Å². The van der Waals surface area contributed by atoms with Crippen LogP contribution in [0.5, 0.6) is 0 Å². The average molecular weight is 215 g/mol. The standard InChI is InChI=1S/C13H17N3/c1-11-7-15-16(9-11)10-13-5-3-12(4-6-13)8-14-2/h3-7,9,14H,8,10H2,1-2H3. The van der Waals surface area contributed by atoms with E-state index in [1.807, 2.05) is 17.9 Å². The monoisotopic (exact) mass is 215 g/mol. The molecule has 0 radical (unpaired) electrons. The maximum absolute atomic E-state index is 4.27. The van der Waals surface area contributed by atoms with Gasteiger partial charge >= 0.3 is 0 Å². The molecule has 0 fully saturated rings. The van der Waals surface area contributed by atoms with Crippen molar-refractivity contribution >= 4 is 0 Å². The molecule has 0 bridgehead atoms. The SMILES string of the molecule is CNCc1ccc(Cn2cc(C)cn2)cc1. The fourth-order valence-electron chi connectivity index (χ4n) is 1.71. The topological polar surface area (TPSA) is 29.9 Å². The van der Waals surface area contributed by atoms with E-state index >= 15 is 0 Å². The Balaban J connectivity index is 2.05. The second-order valence-electron chi connectivity index (χ2n) is 4.06. The van der Waals surface area contributed by atoms with Crippen LogP contribution in [-0.2, 0) is 13.1 Å². The molecule has 2 rings (SSSR count). The van der Waals surface area contributed by atoms with E-state index in [2.05, 4.69) is 47.8 Å². The molecular weight excluding hydrogens is 198 g/mol. The van der Waals surface area contributed by atoms with Gasteiger partial charge in [-0.15, -0.1) is 0 Å². The summed E-state index contributed by atoms with van der Waals surface area (Å²) in [5.74, 6) is 0. The number of hydrogen-bond acceptors (Lipinski definition) is 2. The Hall–Kier alpha value is -1.61. The minimum Gasteiger partial charge on any atom is -0.316 e. The summed E-state index contributed by atoms with van der Waals surface area (Å²) in [4.78, 5) is 0. The Bertz CT molecular complexity index is 442. The molecule has 3 nitrogen and oxygen atoms in total. The smallest absolute Gasteiger partial charge is 0.0659 e. The third-order valence-corrected chi connectivity index (χ3v) is 2.51. The molecule has 0 aliphatic rings. The minimum absolute atomic E-state index is 0.841. The van der Waals surface area contributed by atoms with Gasteiger partial charge in [-0.25, -0.2) is 0 Å². The summed E-state index contributed by atoms with van der Waals surface area (Å²) in [5.41, 5.74) is 3.79. The molecule has 0 unspecified atom stereocenters. The van der Waals surface area contributed by atoms with Crippen molar-refractivity contribution in [3.63, 3.8) is 0 Å². The van der Waals surface area contributed by atoms with Crippen molar-refractivity contribution in [2.75, 3.05) is 7.05 Å². The maximum atomic E-state index is 4.27. The molecule has 0 atom stereocenters. The van der Waals surface area contributed by atoms with Crippen LogP contribution in [0.25, 0.3) is 0 Å². The van der Waals surface area contributed by atoms with Crippen molar-refractivity contribution < 1.29 is 0 Å². The molecule has 0 saturated heterocycles. The first kappa shape index (κ1) is 10.9. The third-order valence-electron chi connectivity index (χ3n) is 2.51. The minimum atomic E-state index is 0.841. The highest BCUT2D eigenvalue weighted by molar-refractivity contribution is 5.22. The zero-order valence-electron chi connectivity index (χ0n) is 9.77. The van der Waals surface area contributed by atoms with Gasteiger partial charge in [0.2, 0.25) is 0 Å². The zero-order chi connectivity index (χ0) is 11.4. The molecule has 16 heavy (non-hydrogen) atoms. The number of aryl methyl sites for hydroxylation is 1. The molecule has 0 saturated carbocycles. The number of rotatable bonds is 4. The van der Waals surface area contributed by atoms with Gasteiger partial charge in [-0.1, -0.05) is 24.3 Å². The first-order chi connectivity index (χ1) is 7.78. The highest BCUT2D eigenvalue weighted by Gasteiger charge is 1.97. The maximum Gasteiger partial charge on any atom is 0.0659 e. The number of aromatic nitrogens is 2. The lowest BCUT2D eigenvalue weighted by Crippen LogP contribution is -2.05. The van der Waals surface area contributed by atoms with Crippen molar-refractivity contribution in [3.8, 4) is 0 Å². The summed E-state index contributed by atoms with van der Waals surface area (Å²) >= 11 is 0. The number of benzene rings is 1. The van der Waals surface area contributed by atoms with Gasteiger partial charge in [0.1, 0.15) is 0 Å². The molecule has 1 N–H and O–H groups in total. The van der Waals surface area contributed by atoms with E-state index in [9.17, 15) is 0 Å². The van der Waals surface area contributed by atoms with Crippen LogP contribution in [0, 0.1) is 6.92 Å². The predicted molar refractivity (Wildman–Crippen MR) is 65.3 cm³/mol. The quantitative estimate of drug-likeness (QED) is 0.845. The van der Waals surface area contributed by atoms with Gasteiger partial charge in [0.25, 0.3) is 0 Å². The Morgan fingerprint density at radius 2 is 1.88 bits per heavy atom. The first-order valence-corrected chi connectivity index (χ1v) is 5.49. The number of hydrogen-bond donors (Lipinski definition) is 1. The normalized spacial score (nSPS) is 10.6. The summed E-state index contributed by atoms with van der Waals surface area (Å²) in [6, 6.07) is 8.62. The third kappa shape index (κ3) is 2.70. The summed E-state index contributed by atoms with van der Waals surface area (Å²) in [6.07, 6.45) is 3.94. The Labute approximate surface area is 96.1 Å². The molecule has 84 valence electrons. The van der Waals surface area contributed by atoms with Crippen molar-refractivity contribution in [2.45, 2.75) is 20.0 Å². The average Bonchev–Trinajstić information content (AvgIpc) is 2.67. The van der Waals surface area contributed by atoms with Crippen LogP contribution in [-0.4, -0.2) is 16.8 Å². The first-order valence-electron chi connectivity index (χ1n) is 5.49. The molecular formula is C13H17N3. The van der Waals surface area contributed by atoms with E-state index < -0.39 is 0 Å². The zero-order valence-corrected chi connectivity index (χ0v) is 9.77. The molecule has 1 heterocycles. The summed E-state index contributed by atoms with van der Waals surface area (Å²) in [7, 11) is 1.96. The van der Waals surface area contributed by atoms with E-state index in [-0.39, 0.29) is 0 Å². The van der Waals surface area contributed by atoms with Crippen molar-refractivity contribution in [3.05, 3.63) is 53.3 Å². The van der Waals surface area contributed by atoms with Crippen molar-refractivity contribution in [1.82, 2.24) is 15.1 Å². The van der Waals surface area contributed by atoms with E-state index in [1.54, 1.807) is 0 Å². The van der Waals surface area contributed by atoms with Gasteiger partial charge < -0.3 is 5.32 Å². The number of nitrogens with zero attached hydrogens (tertiary/aromatic N) is 2. The van der Waals surface area contributed by atoms with Gasteiger partial charge in [-0.3, -0.25) is 4.68 Å². The molecule has 0 spiro atoms. The summed E-state index contributed by atoms with van der Waals surface area (Å²) in [5, 5.41) is 7.41. The van der Waals surface area contributed by atoms with E-state index in [4.69, 9.17) is 0 Å². The largest absolute Gasteiger partial charge is 0.316 e. The van der Waals surface area contributed by atoms with Crippen LogP contribution >= 0.6 is 0 Å². The summed E-state index contributed by atoms with van der Waals surface area (Å²) < 4.78 is 1.96. The molecule has 1 aromatic carbocycles. The van der Waals surface area contributed by atoms with Crippen LogP contribution in [0.3, 0.4) is 0 Å². The van der Waals surface area contributed by atoms with Crippen molar-refractivity contribution in [1.29, 1.82) is 0 Å². The Morgan fingerprint density at radius 3 is 2.44 bits per heavy atom. The molecule has 2 aromatic rings. The van der Waals surface area contributed by atoms with E-state index in [0.29, 0.717) is 0 Å². The second-order valence-corrected chi connectivity index (χ2v) is 4.06. The van der Waals surface area contributed by atoms with Gasteiger partial charge in [-0.2, -0.15) is 5.10 Å². The van der Waals surface area contributed by atoms with Crippen LogP contribution in [0.4, 0.5) is 0 Å². The van der Waals surface area contributed by atoms with E-state index in [0.717, 1.165) is 13.1 Å². The van der Waals surface area contributed by atoms with Crippen LogP contribution in [0.15, 0.2) is 36.7 Å². The lowest BCUT2D eigenvalue weighted by Gasteiger charge is -2.04. The number of nitrogens with one attached hydrogen (secondary N) is 1. The Kier molecular flexibility index (Phi) is 3.37. The van der Waals surface area contributed by atoms with Gasteiger partial charge in [0.15, 0.2) is 0 Å². The highest BCUT2D eigenvalue weighted by Crippen LogP contribution is 2.06. The second kappa shape index (κ2) is 4.94. The van der Waals surface area contributed by atoms with Crippen molar-refractivity contribution in [2.24, 2.45) is 0 Å². The summed E-state index contributed by atoms with van der Waals surface area (Å²) in [6.45, 7) is 3.81. The van der Waals surface area contributed by atoms with Gasteiger partial charge in [0.05, 0.1) is 12.7 Å². The molecule has 0 aliphatic heterocycles. The van der Waals surface area contributed by atoms with Gasteiger partial charge in [0, 0.05) is 12.7 Å². The van der Waals surface area contributed by atoms with Gasteiger partial charge in [-0.05, 0) is 30.7 Å². The molecule has 0 aliphatic carbocycles. The molecule has 0 amide bonds.